The van der Waals surface area contributed by atoms with E-state index in [0.717, 1.165) is 21.3 Å². The Kier molecular flexibility index (Phi) is 5.87. The molecular formula is C14H19BrClNS. The Hall–Kier alpha value is 0.300. The van der Waals surface area contributed by atoms with Crippen molar-refractivity contribution in [2.75, 3.05) is 6.26 Å². The fourth-order valence-electron chi connectivity index (χ4n) is 2.41. The fraction of sp³-hybridized carbons (Fsp3) is 0.571. The van der Waals surface area contributed by atoms with E-state index in [1.54, 1.807) is 0 Å². The molecular weight excluding hydrogens is 330 g/mol. The highest BCUT2D eigenvalue weighted by Crippen LogP contribution is 2.27. The van der Waals surface area contributed by atoms with E-state index in [4.69, 9.17) is 11.6 Å². The molecule has 0 aromatic heterocycles. The first-order valence-electron chi connectivity index (χ1n) is 6.39. The predicted octanol–water partition coefficient (Wildman–Crippen LogP) is 4.87. The van der Waals surface area contributed by atoms with Crippen molar-refractivity contribution < 1.29 is 0 Å². The first-order chi connectivity index (χ1) is 8.69. The number of nitrogens with one attached hydrogen (secondary N) is 1. The molecule has 0 atom stereocenters. The Balaban J connectivity index is 1.79. The lowest BCUT2D eigenvalue weighted by atomic mass is 9.95. The van der Waals surface area contributed by atoms with Crippen molar-refractivity contribution in [3.05, 3.63) is 33.3 Å². The largest absolute Gasteiger partial charge is 0.310 e. The van der Waals surface area contributed by atoms with Crippen molar-refractivity contribution in [3.63, 3.8) is 0 Å². The van der Waals surface area contributed by atoms with E-state index in [1.807, 2.05) is 17.8 Å². The molecule has 0 saturated heterocycles. The van der Waals surface area contributed by atoms with E-state index in [-0.39, 0.29) is 0 Å². The van der Waals surface area contributed by atoms with Gasteiger partial charge in [-0.1, -0.05) is 17.7 Å². The molecule has 100 valence electrons. The van der Waals surface area contributed by atoms with Gasteiger partial charge < -0.3 is 5.32 Å². The van der Waals surface area contributed by atoms with Crippen molar-refractivity contribution in [3.8, 4) is 0 Å². The Morgan fingerprint density at radius 2 is 2.06 bits per heavy atom. The monoisotopic (exact) mass is 347 g/mol. The lowest BCUT2D eigenvalue weighted by Gasteiger charge is -2.28. The summed E-state index contributed by atoms with van der Waals surface area (Å²) in [6.07, 6.45) is 7.54. The second kappa shape index (κ2) is 7.18. The van der Waals surface area contributed by atoms with Crippen molar-refractivity contribution in [2.45, 2.75) is 43.5 Å². The molecule has 4 heteroatoms. The number of rotatable bonds is 4. The van der Waals surface area contributed by atoms with Crippen LogP contribution in [0.4, 0.5) is 0 Å². The molecule has 0 aliphatic heterocycles. The molecule has 1 fully saturated rings. The summed E-state index contributed by atoms with van der Waals surface area (Å²) in [7, 11) is 0. The van der Waals surface area contributed by atoms with Crippen LogP contribution in [0.5, 0.6) is 0 Å². The van der Waals surface area contributed by atoms with E-state index in [9.17, 15) is 0 Å². The molecule has 1 nitrogen and oxygen atoms in total. The molecule has 0 radical (unpaired) electrons. The molecule has 0 amide bonds. The summed E-state index contributed by atoms with van der Waals surface area (Å²) in [5.41, 5.74) is 1.29. The van der Waals surface area contributed by atoms with Crippen LogP contribution >= 0.6 is 39.3 Å². The highest BCUT2D eigenvalue weighted by Gasteiger charge is 2.19. The minimum atomic E-state index is 0.683. The third kappa shape index (κ3) is 4.16. The highest BCUT2D eigenvalue weighted by molar-refractivity contribution is 9.10. The molecule has 1 aromatic carbocycles. The molecule has 1 aromatic rings. The second-order valence-electron chi connectivity index (χ2n) is 4.84. The molecule has 1 aliphatic rings. The molecule has 1 N–H and O–H groups in total. The molecule has 0 heterocycles. The van der Waals surface area contributed by atoms with Crippen LogP contribution in [0.15, 0.2) is 22.7 Å². The van der Waals surface area contributed by atoms with Crippen LogP contribution in [0.25, 0.3) is 0 Å². The Morgan fingerprint density at radius 3 is 2.67 bits per heavy atom. The summed E-state index contributed by atoms with van der Waals surface area (Å²) in [5, 5.41) is 5.32. The number of benzene rings is 1. The number of halogens is 2. The van der Waals surface area contributed by atoms with Crippen molar-refractivity contribution in [2.24, 2.45) is 0 Å². The normalized spacial score (nSPS) is 24.2. The van der Waals surface area contributed by atoms with Gasteiger partial charge in [-0.05, 0) is 65.6 Å². The van der Waals surface area contributed by atoms with Crippen LogP contribution in [-0.4, -0.2) is 17.5 Å². The minimum absolute atomic E-state index is 0.683. The van der Waals surface area contributed by atoms with Crippen LogP contribution in [-0.2, 0) is 6.54 Å². The average Bonchev–Trinajstić information content (AvgIpc) is 2.41. The molecule has 0 spiro atoms. The zero-order valence-corrected chi connectivity index (χ0v) is 13.7. The fourth-order valence-corrected chi connectivity index (χ4v) is 3.70. The summed E-state index contributed by atoms with van der Waals surface area (Å²) in [5.74, 6) is 0. The summed E-state index contributed by atoms with van der Waals surface area (Å²) in [4.78, 5) is 0. The van der Waals surface area contributed by atoms with Gasteiger partial charge in [0.1, 0.15) is 0 Å². The lowest BCUT2D eigenvalue weighted by Crippen LogP contribution is -2.33. The van der Waals surface area contributed by atoms with Crippen LogP contribution < -0.4 is 5.32 Å². The maximum atomic E-state index is 5.99. The van der Waals surface area contributed by atoms with Gasteiger partial charge >= 0.3 is 0 Å². The van der Waals surface area contributed by atoms with Gasteiger partial charge in [-0.3, -0.25) is 0 Å². The van der Waals surface area contributed by atoms with Gasteiger partial charge in [0.15, 0.2) is 0 Å². The Morgan fingerprint density at radius 1 is 1.33 bits per heavy atom. The van der Waals surface area contributed by atoms with Gasteiger partial charge in [0.05, 0.1) is 5.02 Å². The van der Waals surface area contributed by atoms with Gasteiger partial charge in [-0.15, -0.1) is 0 Å². The Bertz CT molecular complexity index is 391. The molecule has 0 unspecified atom stereocenters. The third-order valence-electron chi connectivity index (χ3n) is 3.59. The first-order valence-corrected chi connectivity index (χ1v) is 8.85. The average molecular weight is 349 g/mol. The molecule has 1 saturated carbocycles. The highest BCUT2D eigenvalue weighted by atomic mass is 79.9. The van der Waals surface area contributed by atoms with Crippen LogP contribution in [0, 0.1) is 0 Å². The van der Waals surface area contributed by atoms with E-state index in [2.05, 4.69) is 39.6 Å². The van der Waals surface area contributed by atoms with Crippen molar-refractivity contribution >= 4 is 39.3 Å². The van der Waals surface area contributed by atoms with Crippen LogP contribution in [0.1, 0.15) is 31.2 Å². The molecule has 2 rings (SSSR count). The summed E-state index contributed by atoms with van der Waals surface area (Å²) in [6.45, 7) is 0.935. The van der Waals surface area contributed by atoms with Crippen LogP contribution in [0.3, 0.4) is 0 Å². The smallest absolute Gasteiger partial charge is 0.0548 e. The molecule has 18 heavy (non-hydrogen) atoms. The summed E-state index contributed by atoms with van der Waals surface area (Å²) < 4.78 is 0.981. The molecule has 1 aliphatic carbocycles. The van der Waals surface area contributed by atoms with Gasteiger partial charge in [-0.2, -0.15) is 11.8 Å². The Labute approximate surface area is 127 Å². The number of thioether (sulfide) groups is 1. The van der Waals surface area contributed by atoms with Crippen molar-refractivity contribution in [1.29, 1.82) is 0 Å². The SMILES string of the molecule is CSC1CCC(NCc2ccc(Cl)c(Br)c2)CC1. The second-order valence-corrected chi connectivity index (χ2v) is 7.24. The lowest BCUT2D eigenvalue weighted by molar-refractivity contribution is 0.379. The zero-order valence-electron chi connectivity index (χ0n) is 10.6. The first kappa shape index (κ1) is 14.7. The van der Waals surface area contributed by atoms with E-state index < -0.39 is 0 Å². The summed E-state index contributed by atoms with van der Waals surface area (Å²) in [6, 6.07) is 6.83. The molecule has 0 bridgehead atoms. The zero-order chi connectivity index (χ0) is 13.0. The van der Waals surface area contributed by atoms with E-state index in [0.29, 0.717) is 6.04 Å². The van der Waals surface area contributed by atoms with Crippen LogP contribution in [0.2, 0.25) is 5.02 Å². The quantitative estimate of drug-likeness (QED) is 0.833. The maximum absolute atomic E-state index is 5.99. The van der Waals surface area contributed by atoms with Crippen molar-refractivity contribution in [1.82, 2.24) is 5.32 Å². The minimum Gasteiger partial charge on any atom is -0.310 e. The predicted molar refractivity (Wildman–Crippen MR) is 85.6 cm³/mol. The number of hydrogen-bond acceptors (Lipinski definition) is 2. The maximum Gasteiger partial charge on any atom is 0.0548 e. The summed E-state index contributed by atoms with van der Waals surface area (Å²) >= 11 is 11.5. The standard InChI is InChI=1S/C14H19BrClNS/c1-18-12-5-3-11(4-6-12)17-9-10-2-7-14(16)13(15)8-10/h2,7-8,11-12,17H,3-6,9H2,1H3. The van der Waals surface area contributed by atoms with Gasteiger partial charge in [0, 0.05) is 22.3 Å². The van der Waals surface area contributed by atoms with Gasteiger partial charge in [0.2, 0.25) is 0 Å². The van der Waals surface area contributed by atoms with E-state index >= 15 is 0 Å². The third-order valence-corrected chi connectivity index (χ3v) is 5.94. The van der Waals surface area contributed by atoms with E-state index in [1.165, 1.54) is 31.2 Å². The van der Waals surface area contributed by atoms with Gasteiger partial charge in [-0.25, -0.2) is 0 Å². The van der Waals surface area contributed by atoms with Gasteiger partial charge in [0.25, 0.3) is 0 Å². The number of hydrogen-bond donors (Lipinski definition) is 1. The topological polar surface area (TPSA) is 12.0 Å².